The third kappa shape index (κ3) is 9.32. The molecule has 0 amide bonds. The highest BCUT2D eigenvalue weighted by atomic mass is 16.1. The Hall–Kier alpha value is -0.590. The van der Waals surface area contributed by atoms with Crippen molar-refractivity contribution in [2.45, 2.75) is 58.8 Å². The van der Waals surface area contributed by atoms with Gasteiger partial charge in [-0.25, -0.2) is 0 Å². The van der Waals surface area contributed by atoms with Crippen LogP contribution in [0.4, 0.5) is 0 Å². The Kier molecular flexibility index (Phi) is 9.07. The zero-order chi connectivity index (χ0) is 9.94. The van der Waals surface area contributed by atoms with E-state index < -0.39 is 0 Å². The van der Waals surface area contributed by atoms with Gasteiger partial charge in [0.2, 0.25) is 0 Å². The molecule has 0 aliphatic carbocycles. The molecule has 1 nitrogen and oxygen atoms in total. The molecule has 0 saturated heterocycles. The van der Waals surface area contributed by atoms with Gasteiger partial charge in [0.1, 0.15) is 5.78 Å². The summed E-state index contributed by atoms with van der Waals surface area (Å²) in [4.78, 5) is 11.3. The van der Waals surface area contributed by atoms with Gasteiger partial charge in [-0.15, -0.1) is 0 Å². The third-order valence-electron chi connectivity index (χ3n) is 2.12. The van der Waals surface area contributed by atoms with E-state index in [4.69, 9.17) is 0 Å². The van der Waals surface area contributed by atoms with Crippen molar-refractivity contribution in [3.05, 3.63) is 12.2 Å². The molecule has 0 aromatic heterocycles. The maximum Gasteiger partial charge on any atom is 0.132 e. The van der Waals surface area contributed by atoms with Crippen LogP contribution in [0.15, 0.2) is 12.2 Å². The molecule has 0 aliphatic rings. The Morgan fingerprint density at radius 2 is 1.85 bits per heavy atom. The minimum atomic E-state index is 0.443. The summed E-state index contributed by atoms with van der Waals surface area (Å²) in [7, 11) is 0. The fourth-order valence-electron chi connectivity index (χ4n) is 1.28. The topological polar surface area (TPSA) is 17.1 Å². The summed E-state index contributed by atoms with van der Waals surface area (Å²) in [5, 5.41) is 0. The summed E-state index contributed by atoms with van der Waals surface area (Å²) in [5.41, 5.74) is 0. The molecule has 1 heteroatoms. The van der Waals surface area contributed by atoms with Gasteiger partial charge in [0.15, 0.2) is 0 Å². The minimum Gasteiger partial charge on any atom is -0.300 e. The lowest BCUT2D eigenvalue weighted by Gasteiger charge is -1.98. The zero-order valence-corrected chi connectivity index (χ0v) is 9.01. The molecule has 0 aromatic rings. The first-order chi connectivity index (χ1) is 6.31. The number of Topliss-reactive ketones (excluding diaryl/α,β-unsaturated/α-hetero) is 1. The number of ketones is 1. The first kappa shape index (κ1) is 12.4. The van der Waals surface area contributed by atoms with E-state index in [1.807, 2.05) is 13.0 Å². The highest BCUT2D eigenvalue weighted by molar-refractivity contribution is 5.78. The Morgan fingerprint density at radius 1 is 1.15 bits per heavy atom. The van der Waals surface area contributed by atoms with E-state index in [1.54, 1.807) is 0 Å². The average molecular weight is 182 g/mol. The lowest BCUT2D eigenvalue weighted by Crippen LogP contribution is -1.96. The van der Waals surface area contributed by atoms with Crippen LogP contribution in [0.2, 0.25) is 0 Å². The van der Waals surface area contributed by atoms with Gasteiger partial charge in [-0.3, -0.25) is 4.79 Å². The van der Waals surface area contributed by atoms with E-state index in [2.05, 4.69) is 13.0 Å². The third-order valence-corrected chi connectivity index (χ3v) is 2.12. The maximum atomic E-state index is 11.3. The first-order valence-electron chi connectivity index (χ1n) is 5.44. The summed E-state index contributed by atoms with van der Waals surface area (Å²) < 4.78 is 0. The second kappa shape index (κ2) is 9.50. The summed E-state index contributed by atoms with van der Waals surface area (Å²) in [6, 6.07) is 0. The monoisotopic (exact) mass is 182 g/mol. The van der Waals surface area contributed by atoms with Crippen LogP contribution in [-0.4, -0.2) is 5.78 Å². The summed E-state index contributed by atoms with van der Waals surface area (Å²) in [6.07, 6.45) is 11.3. The van der Waals surface area contributed by atoms with E-state index in [0.717, 1.165) is 32.1 Å². The van der Waals surface area contributed by atoms with E-state index in [9.17, 15) is 4.79 Å². The number of carbonyl (C=O) groups excluding carboxylic acids is 1. The average Bonchev–Trinajstić information content (AvgIpc) is 2.13. The number of rotatable bonds is 8. The lowest BCUT2D eigenvalue weighted by atomic mass is 10.1. The molecule has 0 fully saturated rings. The maximum absolute atomic E-state index is 11.3. The van der Waals surface area contributed by atoms with Crippen molar-refractivity contribution in [1.29, 1.82) is 0 Å². The fraction of sp³-hybridized carbons (Fsp3) is 0.750. The van der Waals surface area contributed by atoms with Crippen molar-refractivity contribution in [2.24, 2.45) is 0 Å². The van der Waals surface area contributed by atoms with E-state index in [-0.39, 0.29) is 0 Å². The Morgan fingerprint density at radius 3 is 2.46 bits per heavy atom. The second-order valence-electron chi connectivity index (χ2n) is 3.46. The number of hydrogen-bond acceptors (Lipinski definition) is 1. The quantitative estimate of drug-likeness (QED) is 0.411. The number of unbranched alkanes of at least 4 members (excludes halogenated alkanes) is 3. The van der Waals surface area contributed by atoms with E-state index >= 15 is 0 Å². The lowest BCUT2D eigenvalue weighted by molar-refractivity contribution is -0.119. The van der Waals surface area contributed by atoms with E-state index in [1.165, 1.54) is 12.8 Å². The summed E-state index contributed by atoms with van der Waals surface area (Å²) >= 11 is 0. The Labute approximate surface area is 82.2 Å². The van der Waals surface area contributed by atoms with Gasteiger partial charge in [-0.05, 0) is 26.2 Å². The second-order valence-corrected chi connectivity index (χ2v) is 3.46. The first-order valence-corrected chi connectivity index (χ1v) is 5.44. The molecule has 0 aliphatic heterocycles. The molecule has 0 aromatic carbocycles. The molecule has 0 atom stereocenters. The van der Waals surface area contributed by atoms with Crippen LogP contribution < -0.4 is 0 Å². The molecule has 76 valence electrons. The molecule has 0 bridgehead atoms. The number of hydrogen-bond donors (Lipinski definition) is 0. The Balaban J connectivity index is 3.20. The van der Waals surface area contributed by atoms with Crippen LogP contribution in [0.3, 0.4) is 0 Å². The predicted molar refractivity (Wildman–Crippen MR) is 57.8 cm³/mol. The highest BCUT2D eigenvalue weighted by Crippen LogP contribution is 2.05. The fourth-order valence-corrected chi connectivity index (χ4v) is 1.28. The van der Waals surface area contributed by atoms with Gasteiger partial charge in [0.25, 0.3) is 0 Å². The zero-order valence-electron chi connectivity index (χ0n) is 9.01. The van der Waals surface area contributed by atoms with Gasteiger partial charge in [-0.1, -0.05) is 31.9 Å². The van der Waals surface area contributed by atoms with Crippen molar-refractivity contribution < 1.29 is 4.79 Å². The molecule has 0 saturated carbocycles. The molecular formula is C12H22O. The molecule has 13 heavy (non-hydrogen) atoms. The predicted octanol–water partition coefficient (Wildman–Crippen LogP) is 3.88. The van der Waals surface area contributed by atoms with Gasteiger partial charge in [-0.2, -0.15) is 0 Å². The molecule has 0 N–H and O–H groups in total. The van der Waals surface area contributed by atoms with E-state index in [0.29, 0.717) is 5.78 Å². The molecule has 0 unspecified atom stereocenters. The van der Waals surface area contributed by atoms with Crippen LogP contribution in [0.25, 0.3) is 0 Å². The normalized spacial score (nSPS) is 10.9. The molecule has 0 rings (SSSR count). The van der Waals surface area contributed by atoms with Gasteiger partial charge in [0, 0.05) is 12.8 Å². The van der Waals surface area contributed by atoms with Crippen LogP contribution in [0.1, 0.15) is 58.8 Å². The highest BCUT2D eigenvalue weighted by Gasteiger charge is 1.99. The summed E-state index contributed by atoms with van der Waals surface area (Å²) in [5.74, 6) is 0.443. The van der Waals surface area contributed by atoms with Crippen LogP contribution in [0.5, 0.6) is 0 Å². The smallest absolute Gasteiger partial charge is 0.132 e. The Bertz CT molecular complexity index is 147. The number of carbonyl (C=O) groups is 1. The van der Waals surface area contributed by atoms with Crippen LogP contribution >= 0.6 is 0 Å². The van der Waals surface area contributed by atoms with Crippen molar-refractivity contribution in [2.75, 3.05) is 0 Å². The molecular weight excluding hydrogens is 160 g/mol. The minimum absolute atomic E-state index is 0.443. The number of allylic oxidation sites excluding steroid dienone is 2. The standard InChI is InChI=1S/C12H22O/c1-3-5-7-9-11-12(13)10-8-6-4-2/h3,5H,4,6-11H2,1-2H3/b5-3-. The molecule has 0 spiro atoms. The van der Waals surface area contributed by atoms with Crippen molar-refractivity contribution in [3.8, 4) is 0 Å². The SMILES string of the molecule is C/C=C\CCCC(=O)CCCCC. The largest absolute Gasteiger partial charge is 0.300 e. The van der Waals surface area contributed by atoms with Crippen molar-refractivity contribution >= 4 is 5.78 Å². The molecule has 0 heterocycles. The van der Waals surface area contributed by atoms with Gasteiger partial charge < -0.3 is 0 Å². The van der Waals surface area contributed by atoms with Crippen molar-refractivity contribution in [3.63, 3.8) is 0 Å². The van der Waals surface area contributed by atoms with Crippen LogP contribution in [0, 0.1) is 0 Å². The summed E-state index contributed by atoms with van der Waals surface area (Å²) in [6.45, 7) is 4.18. The van der Waals surface area contributed by atoms with Crippen molar-refractivity contribution in [1.82, 2.24) is 0 Å². The molecule has 0 radical (unpaired) electrons. The van der Waals surface area contributed by atoms with Gasteiger partial charge in [0.05, 0.1) is 0 Å². The van der Waals surface area contributed by atoms with Crippen LogP contribution in [-0.2, 0) is 4.79 Å². The van der Waals surface area contributed by atoms with Gasteiger partial charge >= 0.3 is 0 Å².